The molecule has 1 amide bonds. The number of para-hydroxylation sites is 1. The summed E-state index contributed by atoms with van der Waals surface area (Å²) < 4.78 is 0. The van der Waals surface area contributed by atoms with Crippen LogP contribution in [0.15, 0.2) is 24.3 Å². The van der Waals surface area contributed by atoms with Gasteiger partial charge in [0.25, 0.3) is 0 Å². The predicted molar refractivity (Wildman–Crippen MR) is 83.4 cm³/mol. The topological polar surface area (TPSA) is 55.1 Å². The van der Waals surface area contributed by atoms with Crippen LogP contribution in [-0.2, 0) is 11.2 Å². The Morgan fingerprint density at radius 1 is 1.30 bits per heavy atom. The molecule has 0 aromatic heterocycles. The van der Waals surface area contributed by atoms with E-state index in [1.54, 1.807) is 0 Å². The molecule has 1 aromatic rings. The Kier molecular flexibility index (Phi) is 5.45. The van der Waals surface area contributed by atoms with Crippen LogP contribution in [0.1, 0.15) is 51.0 Å². The van der Waals surface area contributed by atoms with Gasteiger partial charge in [0.15, 0.2) is 0 Å². The molecular formula is C17H26N2O. The van der Waals surface area contributed by atoms with E-state index in [-0.39, 0.29) is 5.91 Å². The number of carbonyl (C=O) groups is 1. The van der Waals surface area contributed by atoms with E-state index < -0.39 is 0 Å². The van der Waals surface area contributed by atoms with E-state index >= 15 is 0 Å². The van der Waals surface area contributed by atoms with E-state index in [0.717, 1.165) is 17.7 Å². The first kappa shape index (κ1) is 14.9. The van der Waals surface area contributed by atoms with Crippen LogP contribution in [0, 0.1) is 5.92 Å². The number of nitrogens with one attached hydrogen (secondary N) is 1. The number of benzene rings is 1. The molecule has 0 unspecified atom stereocenters. The highest BCUT2D eigenvalue weighted by atomic mass is 16.1. The van der Waals surface area contributed by atoms with Gasteiger partial charge < -0.3 is 11.1 Å². The van der Waals surface area contributed by atoms with Gasteiger partial charge in [0, 0.05) is 18.2 Å². The van der Waals surface area contributed by atoms with Gasteiger partial charge in [-0.15, -0.1) is 0 Å². The molecule has 0 spiro atoms. The fourth-order valence-electron chi connectivity index (χ4n) is 3.09. The molecule has 1 saturated carbocycles. The van der Waals surface area contributed by atoms with Gasteiger partial charge in [0.2, 0.25) is 5.91 Å². The standard InChI is InChI=1S/C17H26N2O/c1-13(14-7-3-2-4-8-14)19-17(20)12-11-15-9-5-6-10-16(15)18/h5-6,9-10,13-14H,2-4,7-8,11-12,18H2,1H3,(H,19,20)/t13-/m1/s1. The fraction of sp³-hybridized carbons (Fsp3) is 0.588. The minimum absolute atomic E-state index is 0.145. The van der Waals surface area contributed by atoms with Crippen LogP contribution in [-0.4, -0.2) is 11.9 Å². The molecule has 0 aliphatic heterocycles. The van der Waals surface area contributed by atoms with Crippen molar-refractivity contribution in [2.45, 2.75) is 57.9 Å². The smallest absolute Gasteiger partial charge is 0.220 e. The SMILES string of the molecule is C[C@@H](NC(=O)CCc1ccccc1N)C1CCCCC1. The zero-order valence-electron chi connectivity index (χ0n) is 12.4. The van der Waals surface area contributed by atoms with Crippen LogP contribution in [0.4, 0.5) is 5.69 Å². The Bertz CT molecular complexity index is 438. The van der Waals surface area contributed by atoms with Crippen LogP contribution < -0.4 is 11.1 Å². The molecule has 1 aliphatic carbocycles. The Labute approximate surface area is 121 Å². The molecule has 1 atom stereocenters. The summed E-state index contributed by atoms with van der Waals surface area (Å²) in [6, 6.07) is 8.07. The highest BCUT2D eigenvalue weighted by Gasteiger charge is 2.21. The van der Waals surface area contributed by atoms with Gasteiger partial charge >= 0.3 is 0 Å². The first-order valence-corrected chi connectivity index (χ1v) is 7.79. The second-order valence-corrected chi connectivity index (χ2v) is 5.95. The maximum atomic E-state index is 12.0. The van der Waals surface area contributed by atoms with Gasteiger partial charge in [-0.05, 0) is 43.7 Å². The van der Waals surface area contributed by atoms with Crippen molar-refractivity contribution in [3.8, 4) is 0 Å². The van der Waals surface area contributed by atoms with Crippen molar-refractivity contribution in [2.24, 2.45) is 5.92 Å². The molecule has 0 bridgehead atoms. The number of anilines is 1. The third kappa shape index (κ3) is 4.26. The number of aryl methyl sites for hydroxylation is 1. The predicted octanol–water partition coefficient (Wildman–Crippen LogP) is 3.29. The zero-order valence-corrected chi connectivity index (χ0v) is 12.4. The van der Waals surface area contributed by atoms with Crippen molar-refractivity contribution in [2.75, 3.05) is 5.73 Å². The molecule has 3 N–H and O–H groups in total. The second-order valence-electron chi connectivity index (χ2n) is 5.95. The quantitative estimate of drug-likeness (QED) is 0.810. The molecule has 110 valence electrons. The van der Waals surface area contributed by atoms with Crippen molar-refractivity contribution < 1.29 is 4.79 Å². The molecule has 0 heterocycles. The van der Waals surface area contributed by atoms with Crippen molar-refractivity contribution in [3.05, 3.63) is 29.8 Å². The zero-order chi connectivity index (χ0) is 14.4. The van der Waals surface area contributed by atoms with Gasteiger partial charge in [-0.3, -0.25) is 4.79 Å². The van der Waals surface area contributed by atoms with E-state index in [1.807, 2.05) is 24.3 Å². The Morgan fingerprint density at radius 3 is 2.70 bits per heavy atom. The second kappa shape index (κ2) is 7.32. The number of rotatable bonds is 5. The number of nitrogens with two attached hydrogens (primary N) is 1. The number of hydrogen-bond donors (Lipinski definition) is 2. The third-order valence-corrected chi connectivity index (χ3v) is 4.42. The largest absolute Gasteiger partial charge is 0.399 e. The molecule has 0 saturated heterocycles. The lowest BCUT2D eigenvalue weighted by molar-refractivity contribution is -0.122. The third-order valence-electron chi connectivity index (χ3n) is 4.42. The Hall–Kier alpha value is -1.51. The van der Waals surface area contributed by atoms with Crippen molar-refractivity contribution in [3.63, 3.8) is 0 Å². The molecule has 1 aromatic carbocycles. The minimum Gasteiger partial charge on any atom is -0.399 e. The normalized spacial score (nSPS) is 17.6. The molecule has 3 nitrogen and oxygen atoms in total. The van der Waals surface area contributed by atoms with Crippen LogP contribution in [0.3, 0.4) is 0 Å². The molecule has 3 heteroatoms. The highest BCUT2D eigenvalue weighted by molar-refractivity contribution is 5.76. The molecule has 1 fully saturated rings. The maximum absolute atomic E-state index is 12.0. The minimum atomic E-state index is 0.145. The highest BCUT2D eigenvalue weighted by Crippen LogP contribution is 2.26. The number of amides is 1. The van der Waals surface area contributed by atoms with Gasteiger partial charge in [0.1, 0.15) is 0 Å². The van der Waals surface area contributed by atoms with Crippen molar-refractivity contribution in [1.29, 1.82) is 0 Å². The summed E-state index contributed by atoms with van der Waals surface area (Å²) in [6.07, 6.45) is 7.72. The molecule has 0 radical (unpaired) electrons. The van der Waals surface area contributed by atoms with Crippen LogP contribution in [0.5, 0.6) is 0 Å². The fourth-order valence-corrected chi connectivity index (χ4v) is 3.09. The monoisotopic (exact) mass is 274 g/mol. The molecular weight excluding hydrogens is 248 g/mol. The van der Waals surface area contributed by atoms with Gasteiger partial charge in [-0.2, -0.15) is 0 Å². The number of nitrogen functional groups attached to an aromatic ring is 1. The molecule has 1 aliphatic rings. The Balaban J connectivity index is 1.76. The van der Waals surface area contributed by atoms with E-state index in [2.05, 4.69) is 12.2 Å². The van der Waals surface area contributed by atoms with Crippen LogP contribution in [0.2, 0.25) is 0 Å². The van der Waals surface area contributed by atoms with E-state index in [0.29, 0.717) is 18.4 Å². The lowest BCUT2D eigenvalue weighted by Gasteiger charge is -2.28. The lowest BCUT2D eigenvalue weighted by Crippen LogP contribution is -2.38. The van der Waals surface area contributed by atoms with Crippen LogP contribution in [0.25, 0.3) is 0 Å². The summed E-state index contributed by atoms with van der Waals surface area (Å²) in [6.45, 7) is 2.14. The summed E-state index contributed by atoms with van der Waals surface area (Å²) in [7, 11) is 0. The van der Waals surface area contributed by atoms with Crippen LogP contribution >= 0.6 is 0 Å². The van der Waals surface area contributed by atoms with Crippen molar-refractivity contribution in [1.82, 2.24) is 5.32 Å². The number of hydrogen-bond acceptors (Lipinski definition) is 2. The maximum Gasteiger partial charge on any atom is 0.220 e. The molecule has 2 rings (SSSR count). The average Bonchev–Trinajstić information content (AvgIpc) is 2.47. The summed E-state index contributed by atoms with van der Waals surface area (Å²) in [4.78, 5) is 12.0. The Morgan fingerprint density at radius 2 is 2.00 bits per heavy atom. The van der Waals surface area contributed by atoms with Gasteiger partial charge in [-0.25, -0.2) is 0 Å². The lowest BCUT2D eigenvalue weighted by atomic mass is 9.84. The van der Waals surface area contributed by atoms with Gasteiger partial charge in [-0.1, -0.05) is 37.5 Å². The average molecular weight is 274 g/mol. The summed E-state index contributed by atoms with van der Waals surface area (Å²) in [5.74, 6) is 0.806. The van der Waals surface area contributed by atoms with Gasteiger partial charge in [0.05, 0.1) is 0 Å². The van der Waals surface area contributed by atoms with E-state index in [4.69, 9.17) is 5.73 Å². The van der Waals surface area contributed by atoms with Crippen molar-refractivity contribution >= 4 is 11.6 Å². The first-order chi connectivity index (χ1) is 9.66. The first-order valence-electron chi connectivity index (χ1n) is 7.79. The summed E-state index contributed by atoms with van der Waals surface area (Å²) in [5.41, 5.74) is 7.73. The number of carbonyl (C=O) groups excluding carboxylic acids is 1. The summed E-state index contributed by atoms with van der Waals surface area (Å²) in [5, 5.41) is 3.16. The van der Waals surface area contributed by atoms with E-state index in [9.17, 15) is 4.79 Å². The molecule has 20 heavy (non-hydrogen) atoms. The van der Waals surface area contributed by atoms with E-state index in [1.165, 1.54) is 32.1 Å². The summed E-state index contributed by atoms with van der Waals surface area (Å²) >= 11 is 0.